The van der Waals surface area contributed by atoms with Crippen molar-refractivity contribution in [1.29, 1.82) is 0 Å². The summed E-state index contributed by atoms with van der Waals surface area (Å²) in [5.41, 5.74) is 1.47. The molecule has 0 spiro atoms. The van der Waals surface area contributed by atoms with E-state index in [2.05, 4.69) is 5.16 Å². The van der Waals surface area contributed by atoms with Gasteiger partial charge in [0, 0.05) is 18.7 Å². The van der Waals surface area contributed by atoms with Gasteiger partial charge >= 0.3 is 0 Å². The van der Waals surface area contributed by atoms with Crippen LogP contribution in [0, 0.1) is 0 Å². The lowest BCUT2D eigenvalue weighted by atomic mass is 10.2. The van der Waals surface area contributed by atoms with Crippen LogP contribution in [-0.4, -0.2) is 17.4 Å². The van der Waals surface area contributed by atoms with Gasteiger partial charge in [-0.25, -0.2) is 0 Å². The largest absolute Gasteiger partial charge is 0.507 e. The van der Waals surface area contributed by atoms with Crippen LogP contribution in [0.3, 0.4) is 0 Å². The number of aromatic nitrogens is 1. The Morgan fingerprint density at radius 2 is 2.18 bits per heavy atom. The Hall–Kier alpha value is -2.07. The molecule has 4 heteroatoms. The first-order valence-electron chi connectivity index (χ1n) is 5.20. The van der Waals surface area contributed by atoms with Crippen molar-refractivity contribution in [3.63, 3.8) is 0 Å². The fourth-order valence-electron chi connectivity index (χ4n) is 1.42. The molecular formula is C13H13NO3. The van der Waals surface area contributed by atoms with Gasteiger partial charge in [-0.2, -0.15) is 0 Å². The molecule has 4 nitrogen and oxygen atoms in total. The number of aromatic hydroxyl groups is 1. The van der Waals surface area contributed by atoms with Crippen molar-refractivity contribution in [1.82, 2.24) is 5.16 Å². The van der Waals surface area contributed by atoms with E-state index in [1.54, 1.807) is 37.5 Å². The highest BCUT2D eigenvalue weighted by Gasteiger charge is 2.00. The highest BCUT2D eigenvalue weighted by Crippen LogP contribution is 2.18. The van der Waals surface area contributed by atoms with Gasteiger partial charge in [0.05, 0.1) is 6.61 Å². The van der Waals surface area contributed by atoms with E-state index in [1.807, 2.05) is 12.1 Å². The van der Waals surface area contributed by atoms with Crippen LogP contribution >= 0.6 is 0 Å². The van der Waals surface area contributed by atoms with Crippen molar-refractivity contribution >= 4 is 12.2 Å². The minimum absolute atomic E-state index is 0.236. The fourth-order valence-corrected chi connectivity index (χ4v) is 1.42. The average Bonchev–Trinajstić information content (AvgIpc) is 2.76. The predicted octanol–water partition coefficient (Wildman–Crippen LogP) is 2.70. The first kappa shape index (κ1) is 11.4. The van der Waals surface area contributed by atoms with Gasteiger partial charge in [0.1, 0.15) is 11.4 Å². The summed E-state index contributed by atoms with van der Waals surface area (Å²) in [6.45, 7) is 0.425. The second-order valence-electron chi connectivity index (χ2n) is 3.55. The molecule has 1 N–H and O–H groups in total. The average molecular weight is 231 g/mol. The highest BCUT2D eigenvalue weighted by atomic mass is 16.5. The molecule has 0 aliphatic carbocycles. The van der Waals surface area contributed by atoms with Crippen molar-refractivity contribution < 1.29 is 14.4 Å². The summed E-state index contributed by atoms with van der Waals surface area (Å²) in [5.74, 6) is 0.862. The summed E-state index contributed by atoms with van der Waals surface area (Å²) in [6.07, 6.45) is 3.52. The Balaban J connectivity index is 2.12. The first-order valence-corrected chi connectivity index (χ1v) is 5.20. The van der Waals surface area contributed by atoms with Crippen LogP contribution in [0.25, 0.3) is 12.2 Å². The zero-order valence-corrected chi connectivity index (χ0v) is 9.46. The molecule has 0 bridgehead atoms. The van der Waals surface area contributed by atoms with E-state index in [4.69, 9.17) is 9.26 Å². The molecule has 0 unspecified atom stereocenters. The summed E-state index contributed by atoms with van der Waals surface area (Å²) in [5, 5.41) is 13.4. The lowest BCUT2D eigenvalue weighted by Gasteiger charge is -1.95. The summed E-state index contributed by atoms with van der Waals surface area (Å²) in [7, 11) is 1.60. The molecule has 0 saturated carbocycles. The van der Waals surface area contributed by atoms with Crippen molar-refractivity contribution in [3.05, 3.63) is 47.3 Å². The molecule has 1 aromatic heterocycles. The number of nitrogens with zero attached hydrogens (tertiary/aromatic N) is 1. The summed E-state index contributed by atoms with van der Waals surface area (Å²) in [6, 6.07) is 8.88. The summed E-state index contributed by atoms with van der Waals surface area (Å²) in [4.78, 5) is 0. The fraction of sp³-hybridized carbons (Fsp3) is 0.154. The molecule has 2 aromatic rings. The normalized spacial score (nSPS) is 11.1. The molecule has 1 heterocycles. The van der Waals surface area contributed by atoms with Gasteiger partial charge in [-0.1, -0.05) is 23.4 Å². The standard InChI is InChI=1S/C13H13NO3/c1-16-9-11-8-12(17-14-11)7-6-10-4-2-3-5-13(10)15/h2-8,15H,9H2,1H3. The van der Waals surface area contributed by atoms with Gasteiger partial charge in [-0.3, -0.25) is 0 Å². The molecule has 0 saturated heterocycles. The van der Waals surface area contributed by atoms with Crippen LogP contribution in [0.5, 0.6) is 5.75 Å². The molecular weight excluding hydrogens is 218 g/mol. The quantitative estimate of drug-likeness (QED) is 0.878. The van der Waals surface area contributed by atoms with E-state index in [-0.39, 0.29) is 5.75 Å². The number of rotatable bonds is 4. The molecule has 2 rings (SSSR count). The van der Waals surface area contributed by atoms with E-state index in [9.17, 15) is 5.11 Å². The monoisotopic (exact) mass is 231 g/mol. The Morgan fingerprint density at radius 3 is 2.94 bits per heavy atom. The maximum Gasteiger partial charge on any atom is 0.160 e. The number of phenols is 1. The topological polar surface area (TPSA) is 55.5 Å². The van der Waals surface area contributed by atoms with Crippen molar-refractivity contribution in [3.8, 4) is 5.75 Å². The van der Waals surface area contributed by atoms with E-state index in [0.717, 1.165) is 11.3 Å². The summed E-state index contributed by atoms with van der Waals surface area (Å²) >= 11 is 0. The lowest BCUT2D eigenvalue weighted by molar-refractivity contribution is 0.177. The molecule has 0 fully saturated rings. The highest BCUT2D eigenvalue weighted by molar-refractivity contribution is 5.70. The van der Waals surface area contributed by atoms with Crippen LogP contribution in [0.1, 0.15) is 17.0 Å². The third-order valence-electron chi connectivity index (χ3n) is 2.23. The third-order valence-corrected chi connectivity index (χ3v) is 2.23. The van der Waals surface area contributed by atoms with E-state index >= 15 is 0 Å². The van der Waals surface area contributed by atoms with Gasteiger partial charge in [-0.15, -0.1) is 0 Å². The minimum atomic E-state index is 0.236. The number of hydrogen-bond donors (Lipinski definition) is 1. The zero-order chi connectivity index (χ0) is 12.1. The Morgan fingerprint density at radius 1 is 1.35 bits per heavy atom. The molecule has 88 valence electrons. The van der Waals surface area contributed by atoms with Crippen molar-refractivity contribution in [2.45, 2.75) is 6.61 Å². The molecule has 0 aliphatic rings. The number of para-hydroxylation sites is 1. The lowest BCUT2D eigenvalue weighted by Crippen LogP contribution is -1.84. The van der Waals surface area contributed by atoms with E-state index < -0.39 is 0 Å². The van der Waals surface area contributed by atoms with Crippen LogP contribution < -0.4 is 0 Å². The maximum absolute atomic E-state index is 9.56. The molecule has 17 heavy (non-hydrogen) atoms. The second-order valence-corrected chi connectivity index (χ2v) is 3.55. The van der Waals surface area contributed by atoms with Crippen molar-refractivity contribution in [2.75, 3.05) is 7.11 Å². The summed E-state index contributed by atoms with van der Waals surface area (Å²) < 4.78 is 10.0. The van der Waals surface area contributed by atoms with Gasteiger partial charge in [0.15, 0.2) is 5.76 Å². The van der Waals surface area contributed by atoms with Crippen LogP contribution in [0.15, 0.2) is 34.9 Å². The molecule has 0 amide bonds. The maximum atomic E-state index is 9.56. The number of hydrogen-bond acceptors (Lipinski definition) is 4. The number of phenolic OH excluding ortho intramolecular Hbond substituents is 1. The number of methoxy groups -OCH3 is 1. The smallest absolute Gasteiger partial charge is 0.160 e. The first-order chi connectivity index (χ1) is 8.29. The van der Waals surface area contributed by atoms with E-state index in [0.29, 0.717) is 12.4 Å². The zero-order valence-electron chi connectivity index (χ0n) is 9.46. The Kier molecular flexibility index (Phi) is 3.57. The minimum Gasteiger partial charge on any atom is -0.507 e. The van der Waals surface area contributed by atoms with Gasteiger partial charge in [-0.05, 0) is 18.2 Å². The molecule has 0 atom stereocenters. The van der Waals surface area contributed by atoms with Gasteiger partial charge < -0.3 is 14.4 Å². The molecule has 1 aromatic carbocycles. The van der Waals surface area contributed by atoms with Gasteiger partial charge in [0.2, 0.25) is 0 Å². The Labute approximate surface area is 99.1 Å². The predicted molar refractivity (Wildman–Crippen MR) is 64.3 cm³/mol. The third kappa shape index (κ3) is 2.95. The number of benzene rings is 1. The second kappa shape index (κ2) is 5.32. The van der Waals surface area contributed by atoms with Crippen LogP contribution in [0.4, 0.5) is 0 Å². The van der Waals surface area contributed by atoms with Crippen LogP contribution in [-0.2, 0) is 11.3 Å². The number of ether oxygens (including phenoxy) is 1. The van der Waals surface area contributed by atoms with Crippen molar-refractivity contribution in [2.24, 2.45) is 0 Å². The van der Waals surface area contributed by atoms with Crippen LogP contribution in [0.2, 0.25) is 0 Å². The van der Waals surface area contributed by atoms with E-state index in [1.165, 1.54) is 0 Å². The molecule has 0 radical (unpaired) electrons. The van der Waals surface area contributed by atoms with Gasteiger partial charge in [0.25, 0.3) is 0 Å². The molecule has 0 aliphatic heterocycles. The Bertz CT molecular complexity index is 517. The SMILES string of the molecule is COCc1cc(C=Cc2ccccc2O)on1.